The fourth-order valence-corrected chi connectivity index (χ4v) is 1.95. The molecule has 0 aromatic heterocycles. The zero-order valence-corrected chi connectivity index (χ0v) is 11.7. The van der Waals surface area contributed by atoms with Gasteiger partial charge in [0.05, 0.1) is 11.6 Å². The van der Waals surface area contributed by atoms with E-state index in [2.05, 4.69) is 21.2 Å². The molecule has 2 aromatic rings. The van der Waals surface area contributed by atoms with Crippen molar-refractivity contribution in [3.05, 3.63) is 58.3 Å². The minimum atomic E-state index is -0.373. The van der Waals surface area contributed by atoms with E-state index in [1.54, 1.807) is 25.3 Å². The van der Waals surface area contributed by atoms with Gasteiger partial charge in [0, 0.05) is 17.3 Å². The third-order valence-electron chi connectivity index (χ3n) is 2.52. The number of halogens is 2. The van der Waals surface area contributed by atoms with Crippen molar-refractivity contribution in [3.63, 3.8) is 0 Å². The van der Waals surface area contributed by atoms with Crippen LogP contribution in [0.15, 0.2) is 46.9 Å². The number of methoxy groups -OCH3 is 1. The zero-order valence-electron chi connectivity index (χ0n) is 10.1. The van der Waals surface area contributed by atoms with Gasteiger partial charge in [-0.05, 0) is 52.3 Å². The van der Waals surface area contributed by atoms with E-state index >= 15 is 0 Å². The molecule has 5 heteroatoms. The molecule has 1 N–H and O–H groups in total. The van der Waals surface area contributed by atoms with Crippen LogP contribution in [0.4, 0.5) is 10.1 Å². The molecule has 98 valence electrons. The van der Waals surface area contributed by atoms with E-state index in [9.17, 15) is 9.18 Å². The number of carbonyl (C=O) groups excluding carboxylic acids is 1. The zero-order chi connectivity index (χ0) is 13.8. The molecule has 2 aromatic carbocycles. The Morgan fingerprint density at radius 1 is 1.21 bits per heavy atom. The second-order valence-electron chi connectivity index (χ2n) is 3.81. The normalized spacial score (nSPS) is 10.1. The lowest BCUT2D eigenvalue weighted by Gasteiger charge is -2.08. The molecule has 2 rings (SSSR count). The van der Waals surface area contributed by atoms with Gasteiger partial charge in [-0.25, -0.2) is 4.39 Å². The second-order valence-corrected chi connectivity index (χ2v) is 4.66. The maximum Gasteiger partial charge on any atom is 0.255 e. The Morgan fingerprint density at radius 3 is 2.53 bits per heavy atom. The summed E-state index contributed by atoms with van der Waals surface area (Å²) >= 11 is 3.33. The van der Waals surface area contributed by atoms with E-state index in [0.717, 1.165) is 4.47 Å². The number of anilines is 1. The van der Waals surface area contributed by atoms with Crippen molar-refractivity contribution in [2.75, 3.05) is 12.4 Å². The summed E-state index contributed by atoms with van der Waals surface area (Å²) in [5.41, 5.74) is 0.998. The van der Waals surface area contributed by atoms with Crippen molar-refractivity contribution < 1.29 is 13.9 Å². The molecule has 0 unspecified atom stereocenters. The van der Waals surface area contributed by atoms with Gasteiger partial charge in [0.15, 0.2) is 0 Å². The lowest BCUT2D eigenvalue weighted by molar-refractivity contribution is 0.102. The van der Waals surface area contributed by atoms with E-state index in [0.29, 0.717) is 17.0 Å². The lowest BCUT2D eigenvalue weighted by atomic mass is 10.2. The molecule has 0 aliphatic rings. The average molecular weight is 324 g/mol. The highest BCUT2D eigenvalue weighted by molar-refractivity contribution is 9.10. The molecule has 0 spiro atoms. The highest BCUT2D eigenvalue weighted by Gasteiger charge is 2.08. The Hall–Kier alpha value is -1.88. The third-order valence-corrected chi connectivity index (χ3v) is 3.17. The Labute approximate surface area is 118 Å². The Balaban J connectivity index is 2.17. The molecule has 0 heterocycles. The summed E-state index contributed by atoms with van der Waals surface area (Å²) < 4.78 is 18.7. The van der Waals surface area contributed by atoms with Crippen LogP contribution in [-0.4, -0.2) is 13.0 Å². The summed E-state index contributed by atoms with van der Waals surface area (Å²) in [5, 5.41) is 2.72. The molecule has 0 aliphatic heterocycles. The van der Waals surface area contributed by atoms with Crippen LogP contribution < -0.4 is 10.1 Å². The summed E-state index contributed by atoms with van der Waals surface area (Å²) in [6.07, 6.45) is 0. The monoisotopic (exact) mass is 323 g/mol. The van der Waals surface area contributed by atoms with Crippen LogP contribution in [0.5, 0.6) is 5.75 Å². The highest BCUT2D eigenvalue weighted by atomic mass is 79.9. The molecule has 0 fully saturated rings. The number of hydrogen-bond acceptors (Lipinski definition) is 2. The molecule has 3 nitrogen and oxygen atoms in total. The molecule has 0 radical (unpaired) electrons. The number of ether oxygens (including phenoxy) is 1. The molecule has 1 amide bonds. The topological polar surface area (TPSA) is 38.3 Å². The molecule has 19 heavy (non-hydrogen) atoms. The van der Waals surface area contributed by atoms with Crippen LogP contribution >= 0.6 is 15.9 Å². The molecular formula is C14H11BrFNO2. The third kappa shape index (κ3) is 3.32. The second kappa shape index (κ2) is 5.84. The summed E-state index contributed by atoms with van der Waals surface area (Å²) in [6, 6.07) is 10.6. The Morgan fingerprint density at radius 2 is 1.89 bits per heavy atom. The van der Waals surface area contributed by atoms with Gasteiger partial charge in [-0.15, -0.1) is 0 Å². The number of benzene rings is 2. The first-order valence-electron chi connectivity index (χ1n) is 5.50. The molecule has 0 saturated heterocycles. The van der Waals surface area contributed by atoms with Crippen LogP contribution in [0.3, 0.4) is 0 Å². The number of amides is 1. The van der Waals surface area contributed by atoms with Crippen molar-refractivity contribution in [1.82, 2.24) is 0 Å². The Kier molecular flexibility index (Phi) is 4.16. The molecule has 0 atom stereocenters. The van der Waals surface area contributed by atoms with E-state index in [1.807, 2.05) is 0 Å². The highest BCUT2D eigenvalue weighted by Crippen LogP contribution is 2.28. The van der Waals surface area contributed by atoms with E-state index < -0.39 is 0 Å². The van der Waals surface area contributed by atoms with E-state index in [-0.39, 0.29) is 11.7 Å². The van der Waals surface area contributed by atoms with Crippen LogP contribution in [-0.2, 0) is 0 Å². The standard InChI is InChI=1S/C14H11BrFNO2/c1-19-13-8-11(6-7-12(13)15)17-14(18)9-2-4-10(16)5-3-9/h2-8H,1H3,(H,17,18). The number of carbonyl (C=O) groups is 1. The molecule has 0 bridgehead atoms. The number of hydrogen-bond donors (Lipinski definition) is 1. The molecular weight excluding hydrogens is 313 g/mol. The smallest absolute Gasteiger partial charge is 0.255 e. The van der Waals surface area contributed by atoms with Crippen molar-refractivity contribution in [1.29, 1.82) is 0 Å². The number of nitrogens with one attached hydrogen (secondary N) is 1. The van der Waals surface area contributed by atoms with E-state index in [4.69, 9.17) is 4.74 Å². The maximum absolute atomic E-state index is 12.8. The predicted molar refractivity (Wildman–Crippen MR) is 75.0 cm³/mol. The van der Waals surface area contributed by atoms with Gasteiger partial charge < -0.3 is 10.1 Å². The quantitative estimate of drug-likeness (QED) is 0.931. The summed E-state index contributed by atoms with van der Waals surface area (Å²) in [7, 11) is 1.55. The fourth-order valence-electron chi connectivity index (χ4n) is 1.54. The molecule has 0 saturated carbocycles. The van der Waals surface area contributed by atoms with Gasteiger partial charge in [-0.3, -0.25) is 4.79 Å². The molecule has 0 aliphatic carbocycles. The predicted octanol–water partition coefficient (Wildman–Crippen LogP) is 3.85. The van der Waals surface area contributed by atoms with Crippen LogP contribution in [0.1, 0.15) is 10.4 Å². The first-order chi connectivity index (χ1) is 9.10. The lowest BCUT2D eigenvalue weighted by Crippen LogP contribution is -2.11. The fraction of sp³-hybridized carbons (Fsp3) is 0.0714. The van der Waals surface area contributed by atoms with Gasteiger partial charge in [0.1, 0.15) is 11.6 Å². The van der Waals surface area contributed by atoms with Crippen molar-refractivity contribution >= 4 is 27.5 Å². The van der Waals surface area contributed by atoms with Gasteiger partial charge in [0.2, 0.25) is 0 Å². The number of rotatable bonds is 3. The Bertz CT molecular complexity index is 599. The van der Waals surface area contributed by atoms with E-state index in [1.165, 1.54) is 24.3 Å². The SMILES string of the molecule is COc1cc(NC(=O)c2ccc(F)cc2)ccc1Br. The minimum Gasteiger partial charge on any atom is -0.495 e. The average Bonchev–Trinajstić information content (AvgIpc) is 2.41. The summed E-state index contributed by atoms with van der Waals surface area (Å²) in [6.45, 7) is 0. The minimum absolute atomic E-state index is 0.302. The summed E-state index contributed by atoms with van der Waals surface area (Å²) in [4.78, 5) is 11.9. The first-order valence-corrected chi connectivity index (χ1v) is 6.30. The van der Waals surface area contributed by atoms with Crippen LogP contribution in [0, 0.1) is 5.82 Å². The van der Waals surface area contributed by atoms with Gasteiger partial charge in [-0.2, -0.15) is 0 Å². The van der Waals surface area contributed by atoms with Crippen molar-refractivity contribution in [3.8, 4) is 5.75 Å². The summed E-state index contributed by atoms with van der Waals surface area (Å²) in [5.74, 6) is -0.0526. The van der Waals surface area contributed by atoms with Crippen LogP contribution in [0.25, 0.3) is 0 Å². The van der Waals surface area contributed by atoms with Crippen molar-refractivity contribution in [2.24, 2.45) is 0 Å². The largest absolute Gasteiger partial charge is 0.495 e. The first kappa shape index (κ1) is 13.5. The van der Waals surface area contributed by atoms with Crippen LogP contribution in [0.2, 0.25) is 0 Å². The van der Waals surface area contributed by atoms with Gasteiger partial charge in [0.25, 0.3) is 5.91 Å². The van der Waals surface area contributed by atoms with Gasteiger partial charge in [-0.1, -0.05) is 0 Å². The van der Waals surface area contributed by atoms with Crippen molar-refractivity contribution in [2.45, 2.75) is 0 Å². The van der Waals surface area contributed by atoms with Gasteiger partial charge >= 0.3 is 0 Å². The maximum atomic E-state index is 12.8.